The molecule has 0 N–H and O–H groups in total. The SMILES string of the molecule is CCOc1cc(/C=C2/SC(=Nc3ccccc3CC)N(C)C2=O)ccc1OCc1ccccc1C#N. The topological polar surface area (TPSA) is 74.9 Å². The van der Waals surface area contributed by atoms with E-state index in [1.807, 2.05) is 67.6 Å². The second-order valence-corrected chi connectivity index (χ2v) is 9.06. The van der Waals surface area contributed by atoms with Gasteiger partial charge in [0, 0.05) is 12.6 Å². The van der Waals surface area contributed by atoms with E-state index in [9.17, 15) is 10.1 Å². The predicted molar refractivity (Wildman–Crippen MR) is 144 cm³/mol. The van der Waals surface area contributed by atoms with Crippen LogP contribution in [0.15, 0.2) is 76.6 Å². The zero-order valence-corrected chi connectivity index (χ0v) is 21.3. The first-order valence-corrected chi connectivity index (χ1v) is 12.6. The number of hydrogen-bond donors (Lipinski definition) is 0. The summed E-state index contributed by atoms with van der Waals surface area (Å²) in [6.45, 7) is 4.71. The number of ether oxygens (including phenoxy) is 2. The molecule has 0 spiro atoms. The molecule has 0 atom stereocenters. The fourth-order valence-corrected chi connectivity index (χ4v) is 4.72. The van der Waals surface area contributed by atoms with E-state index in [4.69, 9.17) is 14.5 Å². The molecule has 1 aliphatic rings. The maximum absolute atomic E-state index is 12.9. The number of carbonyl (C=O) groups is 1. The Morgan fingerprint density at radius 3 is 2.50 bits per heavy atom. The van der Waals surface area contributed by atoms with Crippen LogP contribution in [0.1, 0.15) is 36.1 Å². The van der Waals surface area contributed by atoms with Gasteiger partial charge in [-0.2, -0.15) is 5.26 Å². The average Bonchev–Trinajstić information content (AvgIpc) is 3.16. The number of aryl methyl sites for hydroxylation is 1. The number of thioether (sulfide) groups is 1. The first-order chi connectivity index (χ1) is 17.5. The summed E-state index contributed by atoms with van der Waals surface area (Å²) in [5.41, 5.74) is 4.22. The van der Waals surface area contributed by atoms with Crippen LogP contribution in [0.25, 0.3) is 6.08 Å². The summed E-state index contributed by atoms with van der Waals surface area (Å²) in [6.07, 6.45) is 2.71. The van der Waals surface area contributed by atoms with Crippen LogP contribution >= 0.6 is 11.8 Å². The second-order valence-electron chi connectivity index (χ2n) is 8.05. The lowest BCUT2D eigenvalue weighted by molar-refractivity contribution is -0.121. The number of aliphatic imine (C=N–C) groups is 1. The Morgan fingerprint density at radius 2 is 1.75 bits per heavy atom. The Bertz CT molecular complexity index is 1370. The second kappa shape index (κ2) is 11.6. The van der Waals surface area contributed by atoms with Gasteiger partial charge in [0.1, 0.15) is 6.61 Å². The first-order valence-electron chi connectivity index (χ1n) is 11.8. The maximum atomic E-state index is 12.9. The normalized spacial score (nSPS) is 15.4. The van der Waals surface area contributed by atoms with Gasteiger partial charge in [0.2, 0.25) is 0 Å². The fraction of sp³-hybridized carbons (Fsp3) is 0.207. The standard InChI is InChI=1S/C29H27N3O3S/c1-4-21-10-8-9-13-24(21)31-29-32(3)28(33)27(36-29)17-20-14-15-25(26(16-20)34-5-2)35-19-23-12-7-6-11-22(23)18-30/h6-17H,4-5,19H2,1-3H3/b27-17+,31-29?. The number of hydrogen-bond acceptors (Lipinski definition) is 6. The zero-order valence-electron chi connectivity index (χ0n) is 20.5. The molecule has 0 bridgehead atoms. The van der Waals surface area contributed by atoms with Crippen molar-refractivity contribution in [3.63, 3.8) is 0 Å². The van der Waals surface area contributed by atoms with E-state index >= 15 is 0 Å². The molecule has 0 radical (unpaired) electrons. The van der Waals surface area contributed by atoms with E-state index in [0.29, 0.717) is 33.7 Å². The van der Waals surface area contributed by atoms with Crippen LogP contribution in [0.4, 0.5) is 5.69 Å². The molecule has 36 heavy (non-hydrogen) atoms. The third-order valence-corrected chi connectivity index (χ3v) is 6.74. The highest BCUT2D eigenvalue weighted by Crippen LogP contribution is 2.36. The lowest BCUT2D eigenvalue weighted by Crippen LogP contribution is -2.23. The molecule has 3 aromatic rings. The summed E-state index contributed by atoms with van der Waals surface area (Å²) in [5, 5.41) is 9.96. The van der Waals surface area contributed by atoms with E-state index in [1.54, 1.807) is 18.0 Å². The number of rotatable bonds is 8. The van der Waals surface area contributed by atoms with Crippen LogP contribution < -0.4 is 9.47 Å². The lowest BCUT2D eigenvalue weighted by Gasteiger charge is -2.13. The van der Waals surface area contributed by atoms with Gasteiger partial charge in [-0.15, -0.1) is 0 Å². The minimum atomic E-state index is -0.0980. The smallest absolute Gasteiger partial charge is 0.266 e. The van der Waals surface area contributed by atoms with Crippen molar-refractivity contribution in [1.29, 1.82) is 5.26 Å². The third kappa shape index (κ3) is 5.61. The monoisotopic (exact) mass is 497 g/mol. The molecule has 182 valence electrons. The molecule has 4 rings (SSSR count). The highest BCUT2D eigenvalue weighted by molar-refractivity contribution is 8.18. The van der Waals surface area contributed by atoms with Crippen molar-refractivity contribution in [2.75, 3.05) is 13.7 Å². The van der Waals surface area contributed by atoms with Crippen molar-refractivity contribution in [2.24, 2.45) is 4.99 Å². The van der Waals surface area contributed by atoms with E-state index in [0.717, 1.165) is 28.8 Å². The Hall–Kier alpha value is -4.02. The molecule has 1 fully saturated rings. The summed E-state index contributed by atoms with van der Waals surface area (Å²) >= 11 is 1.36. The Morgan fingerprint density at radius 1 is 1.00 bits per heavy atom. The number of likely N-dealkylation sites (N-methyl/N-ethyl adjacent to an activating group) is 1. The number of amidine groups is 1. The summed E-state index contributed by atoms with van der Waals surface area (Å²) < 4.78 is 11.8. The van der Waals surface area contributed by atoms with Crippen molar-refractivity contribution in [1.82, 2.24) is 4.90 Å². The predicted octanol–water partition coefficient (Wildman–Crippen LogP) is 6.33. The number of para-hydroxylation sites is 1. The molecule has 0 saturated carbocycles. The van der Waals surface area contributed by atoms with Crippen molar-refractivity contribution in [3.8, 4) is 17.6 Å². The number of benzene rings is 3. The molecule has 7 heteroatoms. The third-order valence-electron chi connectivity index (χ3n) is 5.68. The van der Waals surface area contributed by atoms with E-state index in [-0.39, 0.29) is 12.5 Å². The lowest BCUT2D eigenvalue weighted by atomic mass is 10.1. The average molecular weight is 498 g/mol. The Kier molecular flexibility index (Phi) is 8.09. The summed E-state index contributed by atoms with van der Waals surface area (Å²) in [6, 6.07) is 23.1. The van der Waals surface area contributed by atoms with Gasteiger partial charge >= 0.3 is 0 Å². The van der Waals surface area contributed by atoms with Crippen LogP contribution in [-0.4, -0.2) is 29.6 Å². The summed E-state index contributed by atoms with van der Waals surface area (Å²) in [5.74, 6) is 1.06. The van der Waals surface area contributed by atoms with E-state index in [2.05, 4.69) is 19.1 Å². The summed E-state index contributed by atoms with van der Waals surface area (Å²) in [7, 11) is 1.74. The number of amides is 1. The van der Waals surface area contributed by atoms with Gasteiger partial charge in [0.25, 0.3) is 5.91 Å². The van der Waals surface area contributed by atoms with Gasteiger partial charge < -0.3 is 9.47 Å². The molecule has 3 aromatic carbocycles. The van der Waals surface area contributed by atoms with Gasteiger partial charge in [-0.05, 0) is 66.6 Å². The van der Waals surface area contributed by atoms with Crippen molar-refractivity contribution in [2.45, 2.75) is 26.9 Å². The van der Waals surface area contributed by atoms with Crippen LogP contribution in [0.2, 0.25) is 0 Å². The fourth-order valence-electron chi connectivity index (χ4n) is 3.74. The minimum Gasteiger partial charge on any atom is -0.490 e. The van der Waals surface area contributed by atoms with E-state index < -0.39 is 0 Å². The molecule has 1 heterocycles. The number of nitriles is 1. The van der Waals surface area contributed by atoms with Gasteiger partial charge in [0.05, 0.1) is 28.8 Å². The van der Waals surface area contributed by atoms with Gasteiger partial charge in [-0.3, -0.25) is 9.69 Å². The van der Waals surface area contributed by atoms with Crippen molar-refractivity contribution < 1.29 is 14.3 Å². The van der Waals surface area contributed by atoms with Crippen LogP contribution in [0, 0.1) is 11.3 Å². The summed E-state index contributed by atoms with van der Waals surface area (Å²) in [4.78, 5) is 19.9. The quantitative estimate of drug-likeness (QED) is 0.340. The molecule has 6 nitrogen and oxygen atoms in total. The van der Waals surface area contributed by atoms with Gasteiger partial charge in [-0.25, -0.2) is 4.99 Å². The number of nitrogens with zero attached hydrogens (tertiary/aromatic N) is 3. The van der Waals surface area contributed by atoms with Gasteiger partial charge in [-0.1, -0.05) is 49.4 Å². The van der Waals surface area contributed by atoms with Crippen LogP contribution in [0.5, 0.6) is 11.5 Å². The van der Waals surface area contributed by atoms with Crippen molar-refractivity contribution in [3.05, 3.63) is 93.9 Å². The molecular formula is C29H27N3O3S. The molecule has 0 unspecified atom stereocenters. The highest BCUT2D eigenvalue weighted by atomic mass is 32.2. The van der Waals surface area contributed by atoms with Crippen LogP contribution in [-0.2, 0) is 17.8 Å². The largest absolute Gasteiger partial charge is 0.490 e. The minimum absolute atomic E-state index is 0.0980. The molecule has 1 aliphatic heterocycles. The first kappa shape index (κ1) is 25.1. The van der Waals surface area contributed by atoms with Gasteiger partial charge in [0.15, 0.2) is 16.7 Å². The Balaban J connectivity index is 1.57. The Labute approximate surface area is 215 Å². The molecule has 0 aromatic heterocycles. The molecule has 1 saturated heterocycles. The molecular weight excluding hydrogens is 470 g/mol. The number of carbonyl (C=O) groups excluding carboxylic acids is 1. The zero-order chi connectivity index (χ0) is 25.5. The highest BCUT2D eigenvalue weighted by Gasteiger charge is 2.30. The maximum Gasteiger partial charge on any atom is 0.266 e. The van der Waals surface area contributed by atoms with Crippen molar-refractivity contribution >= 4 is 34.6 Å². The van der Waals surface area contributed by atoms with Crippen LogP contribution in [0.3, 0.4) is 0 Å². The molecule has 0 aliphatic carbocycles. The van der Waals surface area contributed by atoms with E-state index in [1.165, 1.54) is 11.8 Å². The molecule has 1 amide bonds.